The van der Waals surface area contributed by atoms with Crippen LogP contribution in [0.1, 0.15) is 0 Å². The standard InChI is InChI=1S/C8H6BrClO4S/c9-5-3-6-7(14-2-1-13-6)4-8(5)15(10,11)12/h3-4H,1-2H2. The van der Waals surface area contributed by atoms with Crippen molar-refractivity contribution >= 4 is 35.7 Å². The van der Waals surface area contributed by atoms with Crippen LogP contribution in [0.2, 0.25) is 0 Å². The van der Waals surface area contributed by atoms with Gasteiger partial charge in [0.1, 0.15) is 18.1 Å². The van der Waals surface area contributed by atoms with E-state index in [1.54, 1.807) is 0 Å². The average Bonchev–Trinajstić information content (AvgIpc) is 2.15. The largest absolute Gasteiger partial charge is 0.486 e. The van der Waals surface area contributed by atoms with Crippen LogP contribution in [0.5, 0.6) is 11.5 Å². The molecule has 4 nitrogen and oxygen atoms in total. The second kappa shape index (κ2) is 3.84. The summed E-state index contributed by atoms with van der Waals surface area (Å²) in [6.07, 6.45) is 0. The third-order valence-corrected chi connectivity index (χ3v) is 4.14. The molecule has 0 saturated heterocycles. The minimum Gasteiger partial charge on any atom is -0.486 e. The van der Waals surface area contributed by atoms with Gasteiger partial charge in [-0.3, -0.25) is 0 Å². The maximum atomic E-state index is 11.2. The van der Waals surface area contributed by atoms with Crippen LogP contribution in [0, 0.1) is 0 Å². The Bertz CT molecular complexity index is 500. The molecule has 82 valence electrons. The Kier molecular flexibility index (Phi) is 2.83. The van der Waals surface area contributed by atoms with E-state index in [1.165, 1.54) is 12.1 Å². The summed E-state index contributed by atoms with van der Waals surface area (Å²) in [5.41, 5.74) is 0. The van der Waals surface area contributed by atoms with E-state index in [0.717, 1.165) is 0 Å². The molecule has 0 N–H and O–H groups in total. The fourth-order valence-corrected chi connectivity index (χ4v) is 3.40. The highest BCUT2D eigenvalue weighted by atomic mass is 79.9. The van der Waals surface area contributed by atoms with Gasteiger partial charge in [0, 0.05) is 21.2 Å². The van der Waals surface area contributed by atoms with Gasteiger partial charge in [0.25, 0.3) is 9.05 Å². The highest BCUT2D eigenvalue weighted by molar-refractivity contribution is 9.10. The van der Waals surface area contributed by atoms with Crippen molar-refractivity contribution in [1.29, 1.82) is 0 Å². The summed E-state index contributed by atoms with van der Waals surface area (Å²) in [5, 5.41) is 0. The molecule has 0 amide bonds. The van der Waals surface area contributed by atoms with E-state index < -0.39 is 9.05 Å². The molecule has 1 aromatic rings. The summed E-state index contributed by atoms with van der Waals surface area (Å²) in [5.74, 6) is 0.904. The second-order valence-corrected chi connectivity index (χ2v) is 6.25. The van der Waals surface area contributed by atoms with E-state index in [1.807, 2.05) is 0 Å². The molecule has 0 bridgehead atoms. The molecule has 0 aliphatic carbocycles. The molecule has 0 atom stereocenters. The lowest BCUT2D eigenvalue weighted by molar-refractivity contribution is 0.171. The number of hydrogen-bond acceptors (Lipinski definition) is 4. The van der Waals surface area contributed by atoms with E-state index in [4.69, 9.17) is 20.2 Å². The first kappa shape index (κ1) is 11.0. The second-order valence-electron chi connectivity index (χ2n) is 2.86. The molecule has 1 aromatic carbocycles. The third-order valence-electron chi connectivity index (χ3n) is 1.86. The van der Waals surface area contributed by atoms with Gasteiger partial charge < -0.3 is 9.47 Å². The number of ether oxygens (including phenoxy) is 2. The monoisotopic (exact) mass is 312 g/mol. The molecule has 15 heavy (non-hydrogen) atoms. The summed E-state index contributed by atoms with van der Waals surface area (Å²) in [4.78, 5) is -0.0200. The van der Waals surface area contributed by atoms with Gasteiger partial charge in [-0.1, -0.05) is 0 Å². The Morgan fingerprint density at radius 3 is 2.27 bits per heavy atom. The average molecular weight is 314 g/mol. The predicted molar refractivity (Wildman–Crippen MR) is 58.2 cm³/mol. The van der Waals surface area contributed by atoms with Crippen molar-refractivity contribution in [3.63, 3.8) is 0 Å². The quantitative estimate of drug-likeness (QED) is 0.746. The zero-order chi connectivity index (χ0) is 11.1. The first-order chi connectivity index (χ1) is 6.98. The molecule has 1 aliphatic rings. The minimum absolute atomic E-state index is 0.0200. The number of benzene rings is 1. The first-order valence-corrected chi connectivity index (χ1v) is 7.12. The normalized spacial score (nSPS) is 15.1. The zero-order valence-corrected chi connectivity index (χ0v) is 10.5. The summed E-state index contributed by atoms with van der Waals surface area (Å²) in [7, 11) is 1.47. The molecule has 0 spiro atoms. The molecule has 0 saturated carbocycles. The lowest BCUT2D eigenvalue weighted by Crippen LogP contribution is -2.15. The molecule has 0 radical (unpaired) electrons. The SMILES string of the molecule is O=S(=O)(Cl)c1cc2c(cc1Br)OCCO2. The van der Waals surface area contributed by atoms with Gasteiger partial charge in [0.05, 0.1) is 0 Å². The van der Waals surface area contributed by atoms with Crippen molar-refractivity contribution < 1.29 is 17.9 Å². The highest BCUT2D eigenvalue weighted by Crippen LogP contribution is 2.38. The van der Waals surface area contributed by atoms with Crippen LogP contribution < -0.4 is 9.47 Å². The van der Waals surface area contributed by atoms with Crippen LogP contribution in [-0.4, -0.2) is 21.6 Å². The zero-order valence-electron chi connectivity index (χ0n) is 7.37. The number of rotatable bonds is 1. The van der Waals surface area contributed by atoms with Crippen molar-refractivity contribution in [2.45, 2.75) is 4.90 Å². The Hall–Kier alpha value is -0.460. The predicted octanol–water partition coefficient (Wildman–Crippen LogP) is 2.15. The molecule has 1 aliphatic heterocycles. The summed E-state index contributed by atoms with van der Waals surface area (Å²) < 4.78 is 33.2. The molecule has 2 rings (SSSR count). The lowest BCUT2D eigenvalue weighted by atomic mass is 10.3. The van der Waals surface area contributed by atoms with Crippen LogP contribution in [0.4, 0.5) is 0 Å². The van der Waals surface area contributed by atoms with Crippen molar-refractivity contribution in [2.24, 2.45) is 0 Å². The Morgan fingerprint density at radius 2 is 1.73 bits per heavy atom. The van der Waals surface area contributed by atoms with Gasteiger partial charge in [-0.25, -0.2) is 8.42 Å². The maximum Gasteiger partial charge on any atom is 0.262 e. The fraction of sp³-hybridized carbons (Fsp3) is 0.250. The number of fused-ring (bicyclic) bond motifs is 1. The van der Waals surface area contributed by atoms with E-state index in [2.05, 4.69) is 15.9 Å². The van der Waals surface area contributed by atoms with Crippen molar-refractivity contribution in [1.82, 2.24) is 0 Å². The molecule has 0 aromatic heterocycles. The molecule has 0 fully saturated rings. The van der Waals surface area contributed by atoms with E-state index in [0.29, 0.717) is 29.2 Å². The van der Waals surface area contributed by atoms with E-state index in [9.17, 15) is 8.42 Å². The summed E-state index contributed by atoms with van der Waals surface area (Å²) in [6.45, 7) is 0.850. The molecule has 7 heteroatoms. The Labute approximate surface area is 99.7 Å². The molecular weight excluding hydrogens is 308 g/mol. The van der Waals surface area contributed by atoms with Crippen LogP contribution in [0.15, 0.2) is 21.5 Å². The topological polar surface area (TPSA) is 52.6 Å². The maximum absolute atomic E-state index is 11.2. The highest BCUT2D eigenvalue weighted by Gasteiger charge is 2.21. The Balaban J connectivity index is 2.60. The van der Waals surface area contributed by atoms with Gasteiger partial charge >= 0.3 is 0 Å². The molecule has 0 unspecified atom stereocenters. The van der Waals surface area contributed by atoms with Crippen LogP contribution in [-0.2, 0) is 9.05 Å². The fourth-order valence-electron chi connectivity index (χ4n) is 1.23. The third kappa shape index (κ3) is 2.21. The smallest absolute Gasteiger partial charge is 0.262 e. The van der Waals surface area contributed by atoms with Gasteiger partial charge in [-0.15, -0.1) is 0 Å². The van der Waals surface area contributed by atoms with Crippen LogP contribution in [0.25, 0.3) is 0 Å². The lowest BCUT2D eigenvalue weighted by Gasteiger charge is -2.19. The van der Waals surface area contributed by atoms with Crippen molar-refractivity contribution in [3.8, 4) is 11.5 Å². The van der Waals surface area contributed by atoms with Gasteiger partial charge in [-0.05, 0) is 22.0 Å². The summed E-state index contributed by atoms with van der Waals surface area (Å²) >= 11 is 3.11. The first-order valence-electron chi connectivity index (χ1n) is 4.02. The molecular formula is C8H6BrClO4S. The van der Waals surface area contributed by atoms with Crippen LogP contribution in [0.3, 0.4) is 0 Å². The Morgan fingerprint density at radius 1 is 1.20 bits per heavy atom. The van der Waals surface area contributed by atoms with E-state index in [-0.39, 0.29) is 4.90 Å². The van der Waals surface area contributed by atoms with Crippen molar-refractivity contribution in [3.05, 3.63) is 16.6 Å². The van der Waals surface area contributed by atoms with E-state index >= 15 is 0 Å². The molecule has 1 heterocycles. The van der Waals surface area contributed by atoms with Gasteiger partial charge in [-0.2, -0.15) is 0 Å². The van der Waals surface area contributed by atoms with Crippen LogP contribution >= 0.6 is 26.6 Å². The van der Waals surface area contributed by atoms with Gasteiger partial charge in [0.15, 0.2) is 11.5 Å². The minimum atomic E-state index is -3.78. The number of halogens is 2. The van der Waals surface area contributed by atoms with Gasteiger partial charge in [0.2, 0.25) is 0 Å². The van der Waals surface area contributed by atoms with Crippen molar-refractivity contribution in [2.75, 3.05) is 13.2 Å². The number of hydrogen-bond donors (Lipinski definition) is 0. The summed E-state index contributed by atoms with van der Waals surface area (Å²) in [6, 6.07) is 2.88.